The van der Waals surface area contributed by atoms with Gasteiger partial charge in [0.2, 0.25) is 5.95 Å². The zero-order valence-corrected chi connectivity index (χ0v) is 19.7. The van der Waals surface area contributed by atoms with Gasteiger partial charge in [-0.3, -0.25) is 0 Å². The Kier molecular flexibility index (Phi) is 6.96. The van der Waals surface area contributed by atoms with Gasteiger partial charge in [-0.05, 0) is 61.4 Å². The first-order chi connectivity index (χ1) is 17.1. The number of aliphatic hydroxyl groups is 1. The number of piperidine rings is 1. The number of aromatic amines is 1. The van der Waals surface area contributed by atoms with Crippen LogP contribution in [0.2, 0.25) is 0 Å². The number of halogens is 1. The van der Waals surface area contributed by atoms with Crippen molar-refractivity contribution >= 4 is 17.1 Å². The number of nitrogens with one attached hydrogen (secondary N) is 1. The summed E-state index contributed by atoms with van der Waals surface area (Å²) in [6.07, 6.45) is 7.36. The van der Waals surface area contributed by atoms with Crippen molar-refractivity contribution in [2.24, 2.45) is 5.92 Å². The van der Waals surface area contributed by atoms with Gasteiger partial charge < -0.3 is 19.7 Å². The highest BCUT2D eigenvalue weighted by atomic mass is 19.1. The highest BCUT2D eigenvalue weighted by Crippen LogP contribution is 2.28. The van der Waals surface area contributed by atoms with E-state index in [1.165, 1.54) is 6.07 Å². The van der Waals surface area contributed by atoms with Crippen LogP contribution in [0.15, 0.2) is 42.7 Å². The van der Waals surface area contributed by atoms with E-state index in [0.29, 0.717) is 41.1 Å². The van der Waals surface area contributed by atoms with Gasteiger partial charge in [-0.15, -0.1) is 0 Å². The maximum atomic E-state index is 15.1. The van der Waals surface area contributed by atoms with Gasteiger partial charge in [0.1, 0.15) is 18.4 Å². The van der Waals surface area contributed by atoms with Crippen LogP contribution in [0.5, 0.6) is 0 Å². The lowest BCUT2D eigenvalue weighted by Gasteiger charge is -2.31. The molecule has 0 aliphatic carbocycles. The zero-order valence-electron chi connectivity index (χ0n) is 19.7. The molecule has 4 heterocycles. The van der Waals surface area contributed by atoms with Crippen molar-refractivity contribution in [2.45, 2.75) is 32.6 Å². The number of benzene rings is 1. The van der Waals surface area contributed by atoms with E-state index in [9.17, 15) is 0 Å². The van der Waals surface area contributed by atoms with Crippen molar-refractivity contribution in [2.75, 3.05) is 31.4 Å². The fraction of sp³-hybridized carbons (Fsp3) is 0.385. The third kappa shape index (κ3) is 5.16. The van der Waals surface area contributed by atoms with Crippen molar-refractivity contribution in [1.82, 2.24) is 24.9 Å². The molecular formula is C26H29FN6O2. The quantitative estimate of drug-likeness (QED) is 0.288. The van der Waals surface area contributed by atoms with Crippen LogP contribution in [0.1, 0.15) is 31.9 Å². The summed E-state index contributed by atoms with van der Waals surface area (Å²) < 4.78 is 20.1. The highest BCUT2D eigenvalue weighted by Gasteiger charge is 2.21. The van der Waals surface area contributed by atoms with Crippen LogP contribution < -0.4 is 4.90 Å². The number of aliphatic hydroxyl groups excluding tert-OH is 1. The molecule has 5 rings (SSSR count). The maximum absolute atomic E-state index is 15.1. The van der Waals surface area contributed by atoms with Gasteiger partial charge in [-0.25, -0.2) is 24.3 Å². The molecule has 4 aromatic rings. The number of rotatable bonds is 8. The fourth-order valence-corrected chi connectivity index (χ4v) is 4.51. The van der Waals surface area contributed by atoms with Crippen molar-refractivity contribution in [1.29, 1.82) is 0 Å². The molecule has 0 bridgehead atoms. The minimum atomic E-state index is -0.367. The third-order valence-corrected chi connectivity index (χ3v) is 6.62. The van der Waals surface area contributed by atoms with Gasteiger partial charge in [0.05, 0.1) is 11.1 Å². The SMILES string of the molecule is CCc1ccc2[nH]c(-c3ccc(-c4cnc(N5CCC(CCOCO)CC5)nc4)cc3F)nc2n1. The summed E-state index contributed by atoms with van der Waals surface area (Å²) in [5.74, 6) is 1.38. The molecular weight excluding hydrogens is 447 g/mol. The molecule has 0 saturated carbocycles. The Morgan fingerprint density at radius 2 is 1.89 bits per heavy atom. The summed E-state index contributed by atoms with van der Waals surface area (Å²) >= 11 is 0. The number of imidazole rings is 1. The Labute approximate surface area is 203 Å². The Hall–Kier alpha value is -3.43. The normalized spacial score (nSPS) is 14.7. The predicted octanol–water partition coefficient (Wildman–Crippen LogP) is 4.36. The molecule has 2 N–H and O–H groups in total. The Morgan fingerprint density at radius 3 is 2.60 bits per heavy atom. The number of hydrogen-bond donors (Lipinski definition) is 2. The molecule has 1 aliphatic heterocycles. The second-order valence-corrected chi connectivity index (χ2v) is 8.84. The minimum absolute atomic E-state index is 0.219. The molecule has 0 amide bonds. The van der Waals surface area contributed by atoms with Crippen molar-refractivity contribution in [3.8, 4) is 22.5 Å². The largest absolute Gasteiger partial charge is 0.371 e. The topological polar surface area (TPSA) is 100 Å². The highest BCUT2D eigenvalue weighted by molar-refractivity contribution is 5.77. The van der Waals surface area contributed by atoms with Gasteiger partial charge >= 0.3 is 0 Å². The van der Waals surface area contributed by atoms with E-state index in [2.05, 4.69) is 29.8 Å². The van der Waals surface area contributed by atoms with E-state index < -0.39 is 0 Å². The lowest BCUT2D eigenvalue weighted by molar-refractivity contribution is -0.00749. The van der Waals surface area contributed by atoms with Gasteiger partial charge in [0, 0.05) is 43.3 Å². The van der Waals surface area contributed by atoms with E-state index in [1.54, 1.807) is 18.5 Å². The lowest BCUT2D eigenvalue weighted by atomic mass is 9.94. The monoisotopic (exact) mass is 476 g/mol. The number of nitrogens with zero attached hydrogens (tertiary/aromatic N) is 5. The first kappa shape index (κ1) is 23.3. The molecule has 35 heavy (non-hydrogen) atoms. The van der Waals surface area contributed by atoms with E-state index in [0.717, 1.165) is 55.5 Å². The third-order valence-electron chi connectivity index (χ3n) is 6.62. The molecule has 1 aliphatic rings. The zero-order chi connectivity index (χ0) is 24.2. The summed E-state index contributed by atoms with van der Waals surface area (Å²) in [7, 11) is 0. The molecule has 0 spiro atoms. The van der Waals surface area contributed by atoms with Crippen molar-refractivity contribution in [3.05, 3.63) is 54.2 Å². The molecule has 9 heteroatoms. The second-order valence-electron chi connectivity index (χ2n) is 8.84. The van der Waals surface area contributed by atoms with Crippen LogP contribution >= 0.6 is 0 Å². The Morgan fingerprint density at radius 1 is 1.09 bits per heavy atom. The molecule has 182 valence electrons. The maximum Gasteiger partial charge on any atom is 0.225 e. The summed E-state index contributed by atoms with van der Waals surface area (Å²) in [6.45, 7) is 4.19. The van der Waals surface area contributed by atoms with E-state index >= 15 is 4.39 Å². The van der Waals surface area contributed by atoms with Crippen molar-refractivity contribution in [3.63, 3.8) is 0 Å². The summed E-state index contributed by atoms with van der Waals surface area (Å²) in [4.78, 5) is 23.4. The molecule has 3 aromatic heterocycles. The van der Waals surface area contributed by atoms with E-state index in [-0.39, 0.29) is 12.6 Å². The van der Waals surface area contributed by atoms with Crippen LogP contribution in [-0.2, 0) is 11.2 Å². The average Bonchev–Trinajstić information content (AvgIpc) is 3.32. The van der Waals surface area contributed by atoms with Crippen LogP contribution in [0, 0.1) is 11.7 Å². The number of anilines is 1. The number of hydrogen-bond acceptors (Lipinski definition) is 7. The van der Waals surface area contributed by atoms with Crippen molar-refractivity contribution < 1.29 is 14.2 Å². The van der Waals surface area contributed by atoms with Crippen LogP contribution in [0.3, 0.4) is 0 Å². The Bertz CT molecular complexity index is 1280. The van der Waals surface area contributed by atoms with Crippen LogP contribution in [0.4, 0.5) is 10.3 Å². The lowest BCUT2D eigenvalue weighted by Crippen LogP contribution is -2.35. The van der Waals surface area contributed by atoms with Crippen LogP contribution in [0.25, 0.3) is 33.7 Å². The molecule has 1 fully saturated rings. The molecule has 0 unspecified atom stereocenters. The van der Waals surface area contributed by atoms with Gasteiger partial charge in [-0.1, -0.05) is 13.0 Å². The van der Waals surface area contributed by atoms with E-state index in [4.69, 9.17) is 9.84 Å². The van der Waals surface area contributed by atoms with Crippen LogP contribution in [-0.4, -0.2) is 56.5 Å². The predicted molar refractivity (Wildman–Crippen MR) is 132 cm³/mol. The molecule has 8 nitrogen and oxygen atoms in total. The summed E-state index contributed by atoms with van der Waals surface area (Å²) in [5.41, 5.74) is 4.19. The number of H-pyrrole nitrogens is 1. The molecule has 0 atom stereocenters. The van der Waals surface area contributed by atoms with Gasteiger partial charge in [0.15, 0.2) is 5.65 Å². The second kappa shape index (κ2) is 10.5. The number of ether oxygens (including phenoxy) is 1. The Balaban J connectivity index is 1.27. The average molecular weight is 477 g/mol. The number of fused-ring (bicyclic) bond motifs is 1. The number of aromatic nitrogens is 5. The standard InChI is InChI=1S/C26H29FN6O2/c1-2-20-4-6-23-25(30-20)32-24(31-23)21-5-3-18(13-22(21)27)19-14-28-26(29-15-19)33-10-7-17(8-11-33)9-12-35-16-34/h3-6,13-15,17,34H,2,7-12,16H2,1H3,(H,30,31,32). The first-order valence-corrected chi connectivity index (χ1v) is 12.1. The van der Waals surface area contributed by atoms with E-state index in [1.807, 2.05) is 25.1 Å². The first-order valence-electron chi connectivity index (χ1n) is 12.1. The van der Waals surface area contributed by atoms with Gasteiger partial charge in [-0.2, -0.15) is 0 Å². The molecule has 0 radical (unpaired) electrons. The summed E-state index contributed by atoms with van der Waals surface area (Å²) in [6, 6.07) is 8.95. The molecule has 1 saturated heterocycles. The number of pyridine rings is 1. The van der Waals surface area contributed by atoms with Gasteiger partial charge in [0.25, 0.3) is 0 Å². The summed E-state index contributed by atoms with van der Waals surface area (Å²) in [5, 5.41) is 8.74. The molecule has 1 aromatic carbocycles. The smallest absolute Gasteiger partial charge is 0.225 e. The minimum Gasteiger partial charge on any atom is -0.371 e. The number of aryl methyl sites for hydroxylation is 1. The fourth-order valence-electron chi connectivity index (χ4n) is 4.51.